The summed E-state index contributed by atoms with van der Waals surface area (Å²) in [5.74, 6) is -0.681. The molecule has 60 heavy (non-hydrogen) atoms. The second-order valence-electron chi connectivity index (χ2n) is 16.4. The summed E-state index contributed by atoms with van der Waals surface area (Å²) in [7, 11) is 0. The molecule has 0 saturated carbocycles. The highest BCUT2D eigenvalue weighted by atomic mass is 16.2. The van der Waals surface area contributed by atoms with Crippen molar-refractivity contribution in [3.63, 3.8) is 0 Å². The van der Waals surface area contributed by atoms with Crippen molar-refractivity contribution in [3.05, 3.63) is 202 Å². The molecule has 9 aromatic rings. The van der Waals surface area contributed by atoms with Crippen LogP contribution in [0.2, 0.25) is 0 Å². The minimum Gasteiger partial charge on any atom is -0.307 e. The molecule has 0 N–H and O–H groups in total. The zero-order chi connectivity index (χ0) is 41.4. The van der Waals surface area contributed by atoms with Crippen molar-refractivity contribution < 1.29 is 9.59 Å². The second-order valence-corrected chi connectivity index (χ2v) is 16.4. The average molecular weight is 777 g/mol. The third kappa shape index (κ3) is 5.66. The van der Waals surface area contributed by atoms with Crippen LogP contribution in [-0.2, 0) is 0 Å². The number of aryl methyl sites for hydroxylation is 6. The topological polar surface area (TPSA) is 42.3 Å². The maximum atomic E-state index is 15.5. The molecule has 0 radical (unpaired) electrons. The first-order chi connectivity index (χ1) is 29.1. The predicted molar refractivity (Wildman–Crippen MR) is 249 cm³/mol. The van der Waals surface area contributed by atoms with E-state index in [1.807, 2.05) is 72.8 Å². The van der Waals surface area contributed by atoms with Crippen LogP contribution in [-0.4, -0.2) is 16.4 Å². The number of benzene rings is 8. The van der Waals surface area contributed by atoms with Gasteiger partial charge in [0.1, 0.15) is 0 Å². The highest BCUT2D eigenvalue weighted by Crippen LogP contribution is 2.47. The summed E-state index contributed by atoms with van der Waals surface area (Å²) in [6.45, 7) is 13.0. The molecule has 2 heterocycles. The van der Waals surface area contributed by atoms with Gasteiger partial charge in [0.2, 0.25) is 0 Å². The van der Waals surface area contributed by atoms with E-state index in [0.29, 0.717) is 22.5 Å². The van der Waals surface area contributed by atoms with E-state index in [0.717, 1.165) is 55.2 Å². The van der Waals surface area contributed by atoms with Crippen molar-refractivity contribution in [3.8, 4) is 50.2 Å². The van der Waals surface area contributed by atoms with Gasteiger partial charge in [-0.15, -0.1) is 0 Å². The number of fused-ring (bicyclic) bond motifs is 4. The van der Waals surface area contributed by atoms with Gasteiger partial charge in [-0.2, -0.15) is 0 Å². The van der Waals surface area contributed by atoms with Crippen LogP contribution >= 0.6 is 0 Å². The maximum Gasteiger partial charge on any atom is 0.268 e. The summed E-state index contributed by atoms with van der Waals surface area (Å²) in [6.07, 6.45) is 0. The van der Waals surface area contributed by atoms with Gasteiger partial charge in [-0.25, -0.2) is 4.90 Å². The van der Waals surface area contributed by atoms with Crippen LogP contribution in [0.25, 0.3) is 72.0 Å². The average Bonchev–Trinajstić information content (AvgIpc) is 3.72. The summed E-state index contributed by atoms with van der Waals surface area (Å²) < 4.78 is 2.29. The van der Waals surface area contributed by atoms with Crippen molar-refractivity contribution in [2.24, 2.45) is 0 Å². The summed E-state index contributed by atoms with van der Waals surface area (Å²) in [4.78, 5) is 31.9. The molecule has 4 nitrogen and oxygen atoms in total. The van der Waals surface area contributed by atoms with E-state index in [-0.39, 0.29) is 11.8 Å². The molecule has 4 heteroatoms. The number of carbonyl (C=O) groups is 2. The Kier molecular flexibility index (Phi) is 8.76. The minimum atomic E-state index is -0.344. The Hall–Kier alpha value is -7.30. The summed E-state index contributed by atoms with van der Waals surface area (Å²) in [5, 5.41) is 2.17. The van der Waals surface area contributed by atoms with Gasteiger partial charge in [0.15, 0.2) is 0 Å². The molecule has 10 rings (SSSR count). The zero-order valence-electron chi connectivity index (χ0n) is 34.7. The second kappa shape index (κ2) is 14.2. The lowest BCUT2D eigenvalue weighted by molar-refractivity contribution is 0.0926. The lowest BCUT2D eigenvalue weighted by Gasteiger charge is -2.22. The number of aromatic nitrogens is 1. The van der Waals surface area contributed by atoms with Crippen LogP contribution in [0.3, 0.4) is 0 Å². The van der Waals surface area contributed by atoms with Crippen LogP contribution in [0.5, 0.6) is 0 Å². The molecule has 0 saturated heterocycles. The van der Waals surface area contributed by atoms with Crippen LogP contribution in [0.15, 0.2) is 158 Å². The Balaban J connectivity index is 1.30. The SMILES string of the molecule is Cc1cc(C)c(-c2cccc3c4cccc(-c5c(C)cc(C)cc5C)c4n(-c4cccc5c4C(=O)N(c4cccc(-c6ccccc6)c4-c4ccccc4)C5=O)c23)c(C)c1. The number of hydrogen-bond acceptors (Lipinski definition) is 2. The fraction of sp³-hybridized carbons (Fsp3) is 0.107. The van der Waals surface area contributed by atoms with Crippen molar-refractivity contribution in [1.82, 2.24) is 4.57 Å². The Morgan fingerprint density at radius 1 is 0.350 bits per heavy atom. The number of anilines is 1. The van der Waals surface area contributed by atoms with Gasteiger partial charge in [-0.1, -0.05) is 151 Å². The van der Waals surface area contributed by atoms with Gasteiger partial charge in [-0.3, -0.25) is 9.59 Å². The maximum absolute atomic E-state index is 15.5. The molecule has 8 aromatic carbocycles. The molecule has 0 fully saturated rings. The van der Waals surface area contributed by atoms with E-state index < -0.39 is 0 Å². The van der Waals surface area contributed by atoms with E-state index >= 15 is 9.59 Å². The Labute approximate surface area is 351 Å². The number of nitrogens with zero attached hydrogens (tertiary/aromatic N) is 2. The molecule has 1 aliphatic rings. The van der Waals surface area contributed by atoms with E-state index in [1.165, 1.54) is 49.4 Å². The van der Waals surface area contributed by atoms with Crippen molar-refractivity contribution in [2.45, 2.75) is 41.5 Å². The first-order valence-corrected chi connectivity index (χ1v) is 20.6. The minimum absolute atomic E-state index is 0.337. The molecular formula is C56H44N2O2. The lowest BCUT2D eigenvalue weighted by atomic mass is 9.91. The third-order valence-corrected chi connectivity index (χ3v) is 12.3. The Morgan fingerprint density at radius 3 is 1.30 bits per heavy atom. The standard InChI is InChI=1S/C56H44N2O2/c1-33-29-35(3)49(36(4)30-33)44-24-13-22-42-43-23-14-25-45(50-37(5)31-34(2)32-38(50)6)54(43)57(53(42)44)48-28-16-26-46-52(48)56(60)58(55(46)59)47-27-15-21-41(39-17-9-7-10-18-39)51(47)40-19-11-8-12-20-40/h7-32H,1-6H3. The molecule has 0 aliphatic carbocycles. The summed E-state index contributed by atoms with van der Waals surface area (Å²) >= 11 is 0. The van der Waals surface area contributed by atoms with Crippen LogP contribution in [0.1, 0.15) is 54.1 Å². The van der Waals surface area contributed by atoms with Crippen LogP contribution in [0, 0.1) is 41.5 Å². The van der Waals surface area contributed by atoms with E-state index in [1.54, 1.807) is 6.07 Å². The summed E-state index contributed by atoms with van der Waals surface area (Å²) in [5.41, 5.74) is 19.4. The van der Waals surface area contributed by atoms with Gasteiger partial charge in [0.05, 0.1) is 33.5 Å². The smallest absolute Gasteiger partial charge is 0.268 e. The van der Waals surface area contributed by atoms with Crippen molar-refractivity contribution in [2.75, 3.05) is 4.90 Å². The number of rotatable bonds is 6. The van der Waals surface area contributed by atoms with Gasteiger partial charge >= 0.3 is 0 Å². The molecule has 1 aliphatic heterocycles. The quantitative estimate of drug-likeness (QED) is 0.158. The molecule has 1 aromatic heterocycles. The first-order valence-electron chi connectivity index (χ1n) is 20.6. The monoisotopic (exact) mass is 776 g/mol. The lowest BCUT2D eigenvalue weighted by Crippen LogP contribution is -2.30. The Morgan fingerprint density at radius 2 is 0.783 bits per heavy atom. The number of carbonyl (C=O) groups excluding carboxylic acids is 2. The molecule has 0 atom stereocenters. The fourth-order valence-electron chi connectivity index (χ4n) is 10.1. The number of para-hydroxylation sites is 2. The van der Waals surface area contributed by atoms with Crippen LogP contribution < -0.4 is 4.90 Å². The first kappa shape index (κ1) is 37.0. The third-order valence-electron chi connectivity index (χ3n) is 12.3. The van der Waals surface area contributed by atoms with E-state index in [2.05, 4.69) is 125 Å². The Bertz CT molecular complexity index is 3080. The molecule has 2 amide bonds. The number of amides is 2. The normalized spacial score (nSPS) is 12.5. The van der Waals surface area contributed by atoms with Crippen LogP contribution in [0.4, 0.5) is 5.69 Å². The molecule has 0 spiro atoms. The number of hydrogen-bond donors (Lipinski definition) is 0. The van der Waals surface area contributed by atoms with Crippen molar-refractivity contribution in [1.29, 1.82) is 0 Å². The highest BCUT2D eigenvalue weighted by molar-refractivity contribution is 6.37. The molecule has 0 bridgehead atoms. The van der Waals surface area contributed by atoms with Gasteiger partial charge in [-0.05, 0) is 110 Å². The van der Waals surface area contributed by atoms with Crippen molar-refractivity contribution >= 4 is 39.3 Å². The molecular weight excluding hydrogens is 733 g/mol. The molecule has 290 valence electrons. The summed E-state index contributed by atoms with van der Waals surface area (Å²) in [6, 6.07) is 53.9. The zero-order valence-corrected chi connectivity index (χ0v) is 34.7. The van der Waals surface area contributed by atoms with Gasteiger partial charge < -0.3 is 4.57 Å². The van der Waals surface area contributed by atoms with E-state index in [4.69, 9.17) is 0 Å². The predicted octanol–water partition coefficient (Wildman–Crippen LogP) is 14.1. The van der Waals surface area contributed by atoms with E-state index in [9.17, 15) is 0 Å². The number of imide groups is 1. The van der Waals surface area contributed by atoms with Gasteiger partial charge in [0.25, 0.3) is 11.8 Å². The van der Waals surface area contributed by atoms with Gasteiger partial charge in [0, 0.05) is 27.5 Å². The molecule has 0 unspecified atom stereocenters. The fourth-order valence-corrected chi connectivity index (χ4v) is 10.1. The highest BCUT2D eigenvalue weighted by Gasteiger charge is 2.41. The largest absolute Gasteiger partial charge is 0.307 e.